The van der Waals surface area contributed by atoms with Gasteiger partial charge >= 0.3 is 0 Å². The lowest BCUT2D eigenvalue weighted by Crippen LogP contribution is -2.48. The second-order valence-electron chi connectivity index (χ2n) is 6.48. The highest BCUT2D eigenvalue weighted by Gasteiger charge is 2.36. The molecule has 2 atom stereocenters. The number of carbonyl (C=O) groups excluding carboxylic acids is 2. The molecule has 1 aromatic rings. The summed E-state index contributed by atoms with van der Waals surface area (Å²) in [4.78, 5) is 27.8. The summed E-state index contributed by atoms with van der Waals surface area (Å²) in [5.41, 5.74) is 1.29. The molecule has 0 N–H and O–H groups in total. The van der Waals surface area contributed by atoms with Gasteiger partial charge in [0.15, 0.2) is 0 Å². The van der Waals surface area contributed by atoms with Crippen LogP contribution in [0.1, 0.15) is 18.4 Å². The Kier molecular flexibility index (Phi) is 4.96. The van der Waals surface area contributed by atoms with E-state index in [1.165, 1.54) is 5.56 Å². The van der Waals surface area contributed by atoms with Crippen LogP contribution in [0.2, 0.25) is 0 Å². The number of hydrogen-bond donors (Lipinski definition) is 0. The third-order valence-electron chi connectivity index (χ3n) is 4.74. The molecule has 2 saturated heterocycles. The molecular weight excluding hydrogens is 292 g/mol. The molecule has 5 heteroatoms. The minimum atomic E-state index is -0.180. The standard InChI is InChI=1S/C18H24N2O3/c1-19-12-15(11-17(19)21)18(22)20-9-10-23-16(13-20)8-7-14-5-3-2-4-6-14/h2-6,15-16H,7-13H2,1H3/t15-,16-/m0/s1. The molecule has 2 heterocycles. The fraction of sp³-hybridized carbons (Fsp3) is 0.556. The van der Waals surface area contributed by atoms with Gasteiger partial charge in [-0.2, -0.15) is 0 Å². The Balaban J connectivity index is 1.52. The van der Waals surface area contributed by atoms with E-state index in [1.807, 2.05) is 23.1 Å². The van der Waals surface area contributed by atoms with Crippen molar-refractivity contribution in [1.29, 1.82) is 0 Å². The Bertz CT molecular complexity index is 561. The molecule has 0 bridgehead atoms. The molecule has 2 amide bonds. The van der Waals surface area contributed by atoms with E-state index < -0.39 is 0 Å². The second-order valence-corrected chi connectivity index (χ2v) is 6.48. The van der Waals surface area contributed by atoms with Crippen molar-refractivity contribution in [3.05, 3.63) is 35.9 Å². The van der Waals surface area contributed by atoms with Crippen molar-refractivity contribution in [3.8, 4) is 0 Å². The normalized spacial score (nSPS) is 25.0. The van der Waals surface area contributed by atoms with Crippen LogP contribution in [0.4, 0.5) is 0 Å². The molecule has 124 valence electrons. The fourth-order valence-corrected chi connectivity index (χ4v) is 3.35. The maximum absolute atomic E-state index is 12.6. The van der Waals surface area contributed by atoms with Crippen LogP contribution >= 0.6 is 0 Å². The van der Waals surface area contributed by atoms with E-state index in [9.17, 15) is 9.59 Å². The first-order chi connectivity index (χ1) is 11.1. The van der Waals surface area contributed by atoms with Crippen LogP contribution in [-0.4, -0.2) is 61.0 Å². The van der Waals surface area contributed by atoms with Gasteiger partial charge in [-0.1, -0.05) is 30.3 Å². The maximum atomic E-state index is 12.6. The van der Waals surface area contributed by atoms with Crippen molar-refractivity contribution in [2.75, 3.05) is 33.3 Å². The average Bonchev–Trinajstić information content (AvgIpc) is 2.92. The highest BCUT2D eigenvalue weighted by Crippen LogP contribution is 2.21. The molecule has 0 aromatic heterocycles. The zero-order chi connectivity index (χ0) is 16.2. The zero-order valence-corrected chi connectivity index (χ0v) is 13.6. The van der Waals surface area contributed by atoms with E-state index in [4.69, 9.17) is 4.74 Å². The van der Waals surface area contributed by atoms with E-state index in [0.717, 1.165) is 12.8 Å². The fourth-order valence-electron chi connectivity index (χ4n) is 3.35. The van der Waals surface area contributed by atoms with Crippen LogP contribution in [0, 0.1) is 5.92 Å². The summed E-state index contributed by atoms with van der Waals surface area (Å²) in [6.07, 6.45) is 2.30. The Morgan fingerprint density at radius 3 is 2.74 bits per heavy atom. The number of benzene rings is 1. The summed E-state index contributed by atoms with van der Waals surface area (Å²) in [5.74, 6) is -0.00618. The number of rotatable bonds is 4. The van der Waals surface area contributed by atoms with Gasteiger partial charge in [-0.25, -0.2) is 0 Å². The van der Waals surface area contributed by atoms with E-state index in [1.54, 1.807) is 11.9 Å². The Labute approximate surface area is 137 Å². The highest BCUT2D eigenvalue weighted by atomic mass is 16.5. The van der Waals surface area contributed by atoms with Gasteiger partial charge in [0.25, 0.3) is 0 Å². The average molecular weight is 316 g/mol. The summed E-state index contributed by atoms with van der Waals surface area (Å²) in [6, 6.07) is 10.3. The molecule has 23 heavy (non-hydrogen) atoms. The molecule has 3 rings (SSSR count). The lowest BCUT2D eigenvalue weighted by Gasteiger charge is -2.34. The highest BCUT2D eigenvalue weighted by molar-refractivity contribution is 5.89. The molecule has 2 aliphatic heterocycles. The van der Waals surface area contributed by atoms with Gasteiger partial charge in [0.1, 0.15) is 0 Å². The number of likely N-dealkylation sites (tertiary alicyclic amines) is 1. The molecule has 5 nitrogen and oxygen atoms in total. The summed E-state index contributed by atoms with van der Waals surface area (Å²) < 4.78 is 5.81. The maximum Gasteiger partial charge on any atom is 0.228 e. The summed E-state index contributed by atoms with van der Waals surface area (Å²) in [6.45, 7) is 2.40. The van der Waals surface area contributed by atoms with E-state index in [2.05, 4.69) is 12.1 Å². The van der Waals surface area contributed by atoms with E-state index in [0.29, 0.717) is 32.7 Å². The molecule has 0 radical (unpaired) electrons. The van der Waals surface area contributed by atoms with Gasteiger partial charge in [0.2, 0.25) is 11.8 Å². The van der Waals surface area contributed by atoms with Crippen molar-refractivity contribution in [2.45, 2.75) is 25.4 Å². The van der Waals surface area contributed by atoms with E-state index >= 15 is 0 Å². The first kappa shape index (κ1) is 16.0. The molecule has 0 aliphatic carbocycles. The number of hydrogen-bond acceptors (Lipinski definition) is 3. The van der Waals surface area contributed by atoms with Crippen LogP contribution < -0.4 is 0 Å². The predicted octanol–water partition coefficient (Wildman–Crippen LogP) is 1.32. The number of morpholine rings is 1. The van der Waals surface area contributed by atoms with Gasteiger partial charge in [0.05, 0.1) is 18.6 Å². The minimum Gasteiger partial charge on any atom is -0.375 e. The van der Waals surface area contributed by atoms with Crippen LogP contribution in [0.3, 0.4) is 0 Å². The van der Waals surface area contributed by atoms with Gasteiger partial charge < -0.3 is 14.5 Å². The molecule has 1 aromatic carbocycles. The molecule has 2 aliphatic rings. The first-order valence-corrected chi connectivity index (χ1v) is 8.32. The quantitative estimate of drug-likeness (QED) is 0.842. The topological polar surface area (TPSA) is 49.9 Å². The lowest BCUT2D eigenvalue weighted by atomic mass is 10.0. The molecule has 2 fully saturated rings. The molecule has 0 saturated carbocycles. The Morgan fingerprint density at radius 2 is 2.04 bits per heavy atom. The van der Waals surface area contributed by atoms with Crippen LogP contribution in [-0.2, 0) is 20.7 Å². The molecule has 0 unspecified atom stereocenters. The van der Waals surface area contributed by atoms with Gasteiger partial charge in [-0.15, -0.1) is 0 Å². The molecular formula is C18H24N2O3. The Morgan fingerprint density at radius 1 is 1.26 bits per heavy atom. The monoisotopic (exact) mass is 316 g/mol. The summed E-state index contributed by atoms with van der Waals surface area (Å²) >= 11 is 0. The first-order valence-electron chi connectivity index (χ1n) is 8.32. The van der Waals surface area contributed by atoms with Crippen molar-refractivity contribution in [2.24, 2.45) is 5.92 Å². The van der Waals surface area contributed by atoms with Gasteiger partial charge in [-0.3, -0.25) is 9.59 Å². The van der Waals surface area contributed by atoms with Gasteiger partial charge in [-0.05, 0) is 18.4 Å². The Hall–Kier alpha value is -1.88. The van der Waals surface area contributed by atoms with Gasteiger partial charge in [0, 0.05) is 33.1 Å². The van der Waals surface area contributed by atoms with Crippen molar-refractivity contribution >= 4 is 11.8 Å². The third kappa shape index (κ3) is 3.91. The lowest BCUT2D eigenvalue weighted by molar-refractivity contribution is -0.143. The predicted molar refractivity (Wildman–Crippen MR) is 86.8 cm³/mol. The van der Waals surface area contributed by atoms with Crippen LogP contribution in [0.5, 0.6) is 0 Å². The number of ether oxygens (including phenoxy) is 1. The SMILES string of the molecule is CN1C[C@@H](C(=O)N2CCO[C@@H](CCc3ccccc3)C2)CC1=O. The third-order valence-corrected chi connectivity index (χ3v) is 4.74. The number of aryl methyl sites for hydroxylation is 1. The number of nitrogens with zero attached hydrogens (tertiary/aromatic N) is 2. The van der Waals surface area contributed by atoms with Crippen molar-refractivity contribution in [1.82, 2.24) is 9.80 Å². The second kappa shape index (κ2) is 7.13. The summed E-state index contributed by atoms with van der Waals surface area (Å²) in [7, 11) is 1.76. The van der Waals surface area contributed by atoms with Crippen molar-refractivity contribution in [3.63, 3.8) is 0 Å². The smallest absolute Gasteiger partial charge is 0.228 e. The van der Waals surface area contributed by atoms with Crippen LogP contribution in [0.25, 0.3) is 0 Å². The number of carbonyl (C=O) groups is 2. The molecule has 0 spiro atoms. The minimum absolute atomic E-state index is 0.0669. The van der Waals surface area contributed by atoms with Crippen LogP contribution in [0.15, 0.2) is 30.3 Å². The summed E-state index contributed by atoms with van der Waals surface area (Å²) in [5, 5.41) is 0. The van der Waals surface area contributed by atoms with E-state index in [-0.39, 0.29) is 23.8 Å². The van der Waals surface area contributed by atoms with Crippen molar-refractivity contribution < 1.29 is 14.3 Å². The largest absolute Gasteiger partial charge is 0.375 e. The zero-order valence-electron chi connectivity index (χ0n) is 13.6. The number of amides is 2.